The molecule has 0 saturated carbocycles. The van der Waals surface area contributed by atoms with Crippen LogP contribution in [-0.4, -0.2) is 34.7 Å². The van der Waals surface area contributed by atoms with Crippen molar-refractivity contribution >= 4 is 22.4 Å². The van der Waals surface area contributed by atoms with Gasteiger partial charge in [0.2, 0.25) is 0 Å². The lowest BCUT2D eigenvalue weighted by atomic mass is 10.2. The molecule has 1 aromatic heterocycles. The topological polar surface area (TPSA) is 111 Å². The number of aromatic nitrogens is 2. The minimum Gasteiger partial charge on any atom is -0.497 e. The number of nitrogens with one attached hydrogen (secondary N) is 2. The van der Waals surface area contributed by atoms with Crippen LogP contribution in [0.1, 0.15) is 33.7 Å². The van der Waals surface area contributed by atoms with Gasteiger partial charge in [-0.3, -0.25) is 14.7 Å². The van der Waals surface area contributed by atoms with Gasteiger partial charge in [-0.1, -0.05) is 0 Å². The van der Waals surface area contributed by atoms with Gasteiger partial charge in [0.25, 0.3) is 5.69 Å². The molecule has 0 aliphatic heterocycles. The number of aromatic amines is 1. The van der Waals surface area contributed by atoms with E-state index >= 15 is 0 Å². The Balaban J connectivity index is 0.000000214. The van der Waals surface area contributed by atoms with Crippen LogP contribution >= 0.6 is 0 Å². The maximum atomic E-state index is 11.6. The Kier molecular flexibility index (Phi) is 7.46. The van der Waals surface area contributed by atoms with Gasteiger partial charge >= 0.3 is 5.69 Å². The fourth-order valence-electron chi connectivity index (χ4n) is 2.97. The SMILES string of the molecule is COc1ccc(NC(C)C)c([N+](=O)[O-])c1.COc1ccc2c(c1)[nH]c(=O)n2C(C)C. The normalized spacial score (nSPS) is 10.7. The molecule has 0 saturated heterocycles. The predicted molar refractivity (Wildman–Crippen MR) is 118 cm³/mol. The molecule has 9 nitrogen and oxygen atoms in total. The molecule has 2 N–H and O–H groups in total. The number of nitrogens with zero attached hydrogens (tertiary/aromatic N) is 2. The summed E-state index contributed by atoms with van der Waals surface area (Å²) in [7, 11) is 3.09. The summed E-state index contributed by atoms with van der Waals surface area (Å²) in [4.78, 5) is 24.8. The molecule has 2 aromatic carbocycles. The van der Waals surface area contributed by atoms with Gasteiger partial charge < -0.3 is 19.8 Å². The van der Waals surface area contributed by atoms with Crippen molar-refractivity contribution in [2.75, 3.05) is 19.5 Å². The molecule has 0 aliphatic rings. The average Bonchev–Trinajstić information content (AvgIpc) is 3.03. The molecule has 0 spiro atoms. The molecule has 3 aromatic rings. The number of hydrogen-bond donors (Lipinski definition) is 2. The van der Waals surface area contributed by atoms with Gasteiger partial charge in [-0.15, -0.1) is 0 Å². The van der Waals surface area contributed by atoms with E-state index in [0.29, 0.717) is 11.4 Å². The van der Waals surface area contributed by atoms with Crippen LogP contribution in [0.5, 0.6) is 11.5 Å². The van der Waals surface area contributed by atoms with Crippen LogP contribution in [0.4, 0.5) is 11.4 Å². The third kappa shape index (κ3) is 5.31. The van der Waals surface area contributed by atoms with Gasteiger partial charge in [0.05, 0.1) is 36.2 Å². The number of fused-ring (bicyclic) bond motifs is 1. The Hall–Kier alpha value is -3.49. The lowest BCUT2D eigenvalue weighted by Crippen LogP contribution is -2.18. The van der Waals surface area contributed by atoms with Crippen LogP contribution < -0.4 is 20.5 Å². The molecule has 0 atom stereocenters. The summed E-state index contributed by atoms with van der Waals surface area (Å²) in [5.41, 5.74) is 2.19. The number of rotatable bonds is 6. The van der Waals surface area contributed by atoms with Gasteiger partial charge in [-0.05, 0) is 52.0 Å². The summed E-state index contributed by atoms with van der Waals surface area (Å²) >= 11 is 0. The van der Waals surface area contributed by atoms with Crippen molar-refractivity contribution in [3.05, 3.63) is 57.0 Å². The van der Waals surface area contributed by atoms with Crippen LogP contribution in [0, 0.1) is 10.1 Å². The lowest BCUT2D eigenvalue weighted by molar-refractivity contribution is -0.384. The van der Waals surface area contributed by atoms with E-state index in [1.165, 1.54) is 13.2 Å². The molecule has 0 amide bonds. The molecule has 0 fully saturated rings. The molecule has 0 unspecified atom stereocenters. The number of hydrogen-bond acceptors (Lipinski definition) is 6. The van der Waals surface area contributed by atoms with Gasteiger partial charge in [-0.2, -0.15) is 0 Å². The Morgan fingerprint density at radius 3 is 2.17 bits per heavy atom. The smallest absolute Gasteiger partial charge is 0.326 e. The first-order chi connectivity index (χ1) is 14.2. The Bertz CT molecular complexity index is 1070. The van der Waals surface area contributed by atoms with Crippen molar-refractivity contribution in [1.29, 1.82) is 0 Å². The highest BCUT2D eigenvalue weighted by Crippen LogP contribution is 2.29. The maximum Gasteiger partial charge on any atom is 0.326 e. The van der Waals surface area contributed by atoms with E-state index in [-0.39, 0.29) is 23.5 Å². The molecule has 0 radical (unpaired) electrons. The number of H-pyrrole nitrogens is 1. The van der Waals surface area contributed by atoms with Crippen LogP contribution in [0.3, 0.4) is 0 Å². The summed E-state index contributed by atoms with van der Waals surface area (Å²) in [5.74, 6) is 1.23. The highest BCUT2D eigenvalue weighted by atomic mass is 16.6. The van der Waals surface area contributed by atoms with E-state index in [1.807, 2.05) is 45.9 Å². The summed E-state index contributed by atoms with van der Waals surface area (Å²) in [6, 6.07) is 10.6. The van der Waals surface area contributed by atoms with Crippen LogP contribution in [0.25, 0.3) is 11.0 Å². The Morgan fingerprint density at radius 2 is 1.63 bits per heavy atom. The minimum absolute atomic E-state index is 0.0306. The monoisotopic (exact) mass is 416 g/mol. The molecular formula is C21H28N4O5. The largest absolute Gasteiger partial charge is 0.497 e. The quantitative estimate of drug-likeness (QED) is 0.457. The number of anilines is 1. The molecular weight excluding hydrogens is 388 g/mol. The summed E-state index contributed by atoms with van der Waals surface area (Å²) in [5, 5.41) is 13.8. The number of nitro groups is 1. The molecule has 162 valence electrons. The molecule has 3 rings (SSSR count). The zero-order valence-electron chi connectivity index (χ0n) is 18.1. The highest BCUT2D eigenvalue weighted by molar-refractivity contribution is 5.77. The number of ether oxygens (including phenoxy) is 2. The molecule has 9 heteroatoms. The van der Waals surface area contributed by atoms with Crippen molar-refractivity contribution in [1.82, 2.24) is 9.55 Å². The van der Waals surface area contributed by atoms with E-state index in [4.69, 9.17) is 9.47 Å². The van der Waals surface area contributed by atoms with Gasteiger partial charge in [-0.25, -0.2) is 4.79 Å². The lowest BCUT2D eigenvalue weighted by Gasteiger charge is -2.10. The van der Waals surface area contributed by atoms with E-state index in [1.54, 1.807) is 23.8 Å². The fraction of sp³-hybridized carbons (Fsp3) is 0.381. The van der Waals surface area contributed by atoms with E-state index in [9.17, 15) is 14.9 Å². The van der Waals surface area contributed by atoms with E-state index < -0.39 is 4.92 Å². The van der Waals surface area contributed by atoms with Gasteiger partial charge in [0, 0.05) is 18.2 Å². The minimum atomic E-state index is -0.423. The predicted octanol–water partition coefficient (Wildman–Crippen LogP) is 4.34. The highest BCUT2D eigenvalue weighted by Gasteiger charge is 2.15. The second-order valence-electron chi connectivity index (χ2n) is 7.22. The second kappa shape index (κ2) is 9.82. The molecule has 30 heavy (non-hydrogen) atoms. The average molecular weight is 416 g/mol. The first kappa shape index (κ1) is 22.8. The number of nitro benzene ring substituents is 1. The van der Waals surface area contributed by atoms with E-state index in [2.05, 4.69) is 10.3 Å². The van der Waals surface area contributed by atoms with Crippen molar-refractivity contribution in [3.63, 3.8) is 0 Å². The molecule has 1 heterocycles. The number of methoxy groups -OCH3 is 2. The summed E-state index contributed by atoms with van der Waals surface area (Å²) < 4.78 is 11.8. The van der Waals surface area contributed by atoms with Gasteiger partial charge in [0.1, 0.15) is 17.2 Å². The fourth-order valence-corrected chi connectivity index (χ4v) is 2.97. The maximum absolute atomic E-state index is 11.6. The van der Waals surface area contributed by atoms with Crippen molar-refractivity contribution < 1.29 is 14.4 Å². The second-order valence-corrected chi connectivity index (χ2v) is 7.22. The summed E-state index contributed by atoms with van der Waals surface area (Å²) in [6.07, 6.45) is 0. The molecule has 0 aliphatic carbocycles. The van der Waals surface area contributed by atoms with Crippen molar-refractivity contribution in [2.45, 2.75) is 39.8 Å². The number of imidazole rings is 1. The first-order valence-corrected chi connectivity index (χ1v) is 9.55. The van der Waals surface area contributed by atoms with Gasteiger partial charge in [0.15, 0.2) is 0 Å². The Labute approximate surface area is 174 Å². The third-order valence-corrected chi connectivity index (χ3v) is 4.29. The first-order valence-electron chi connectivity index (χ1n) is 9.55. The molecule has 0 bridgehead atoms. The number of benzene rings is 2. The third-order valence-electron chi connectivity index (χ3n) is 4.29. The Morgan fingerprint density at radius 1 is 1.03 bits per heavy atom. The van der Waals surface area contributed by atoms with Crippen molar-refractivity contribution in [2.24, 2.45) is 0 Å². The summed E-state index contributed by atoms with van der Waals surface area (Å²) in [6.45, 7) is 7.82. The standard InChI is InChI=1S/C11H14N2O2.C10H14N2O3/c1-7(2)13-10-5-4-8(15-3)6-9(10)12-11(13)14;1-7(2)11-9-5-4-8(15-3)6-10(9)12(13)14/h4-7H,1-3H3,(H,12,14);4-7,11H,1-3H3. The van der Waals surface area contributed by atoms with Crippen molar-refractivity contribution in [3.8, 4) is 11.5 Å². The zero-order valence-corrected chi connectivity index (χ0v) is 18.1. The van der Waals surface area contributed by atoms with E-state index in [0.717, 1.165) is 16.8 Å². The zero-order chi connectivity index (χ0) is 22.4. The van der Waals surface area contributed by atoms with Crippen LogP contribution in [-0.2, 0) is 0 Å². The van der Waals surface area contributed by atoms with Crippen LogP contribution in [0.15, 0.2) is 41.2 Å². The van der Waals surface area contributed by atoms with Crippen LogP contribution in [0.2, 0.25) is 0 Å².